The highest BCUT2D eigenvalue weighted by atomic mass is 35.5. The number of rotatable bonds is 0. The van der Waals surface area contributed by atoms with Crippen LogP contribution in [0.25, 0.3) is 16.8 Å². The van der Waals surface area contributed by atoms with Crippen molar-refractivity contribution in [2.45, 2.75) is 0 Å². The summed E-state index contributed by atoms with van der Waals surface area (Å²) in [6, 6.07) is 9.68. The minimum Gasteiger partial charge on any atom is -0.289 e. The Labute approximate surface area is 92.0 Å². The first-order valence-electron chi connectivity index (χ1n) is 4.71. The molecule has 3 rings (SSSR count). The van der Waals surface area contributed by atoms with Crippen molar-refractivity contribution in [1.82, 2.24) is 0 Å². The quantitative estimate of drug-likeness (QED) is 0.654. The number of carbonyl (C=O) groups excluding carboxylic acids is 1. The molecule has 0 amide bonds. The predicted octanol–water partition coefficient (Wildman–Crippen LogP) is 3.70. The van der Waals surface area contributed by atoms with Crippen LogP contribution >= 0.6 is 11.6 Å². The van der Waals surface area contributed by atoms with E-state index < -0.39 is 0 Å². The third-order valence-corrected chi connectivity index (χ3v) is 3.00. The summed E-state index contributed by atoms with van der Waals surface area (Å²) in [5.74, 6) is -0.00991. The third kappa shape index (κ3) is 1.13. The summed E-state index contributed by atoms with van der Waals surface area (Å²) in [4.78, 5) is 11.7. The smallest absolute Gasteiger partial charge is 0.188 e. The van der Waals surface area contributed by atoms with Gasteiger partial charge in [0, 0.05) is 10.9 Å². The van der Waals surface area contributed by atoms with Gasteiger partial charge in [-0.05, 0) is 23.1 Å². The highest BCUT2D eigenvalue weighted by Gasteiger charge is 2.17. The topological polar surface area (TPSA) is 17.1 Å². The molecule has 2 aromatic rings. The van der Waals surface area contributed by atoms with Crippen molar-refractivity contribution in [3.8, 4) is 0 Å². The van der Waals surface area contributed by atoms with Crippen molar-refractivity contribution in [3.05, 3.63) is 52.6 Å². The van der Waals surface area contributed by atoms with Gasteiger partial charge < -0.3 is 0 Å². The van der Waals surface area contributed by atoms with Crippen LogP contribution in [0.3, 0.4) is 0 Å². The number of hydrogen-bond acceptors (Lipinski definition) is 1. The molecule has 0 fully saturated rings. The normalized spacial score (nSPS) is 13.5. The van der Waals surface area contributed by atoms with Crippen molar-refractivity contribution in [3.63, 3.8) is 0 Å². The fraction of sp³-hybridized carbons (Fsp3) is 0. The van der Waals surface area contributed by atoms with Crippen molar-refractivity contribution in [2.75, 3.05) is 0 Å². The molecule has 0 unspecified atom stereocenters. The molecule has 0 atom stereocenters. The maximum absolute atomic E-state index is 11.7. The van der Waals surface area contributed by atoms with Gasteiger partial charge in [-0.1, -0.05) is 41.9 Å². The zero-order chi connectivity index (χ0) is 10.4. The van der Waals surface area contributed by atoms with Crippen LogP contribution in [0.2, 0.25) is 5.02 Å². The highest BCUT2D eigenvalue weighted by Crippen LogP contribution is 2.32. The molecule has 15 heavy (non-hydrogen) atoms. The summed E-state index contributed by atoms with van der Waals surface area (Å²) in [5.41, 5.74) is 1.69. The van der Waals surface area contributed by atoms with E-state index >= 15 is 0 Å². The lowest BCUT2D eigenvalue weighted by Gasteiger charge is -2.12. The van der Waals surface area contributed by atoms with E-state index in [1.807, 2.05) is 30.3 Å². The second-order valence-corrected chi connectivity index (χ2v) is 3.97. The van der Waals surface area contributed by atoms with E-state index in [9.17, 15) is 4.79 Å². The predicted molar refractivity (Wildman–Crippen MR) is 62.3 cm³/mol. The number of benzene rings is 2. The lowest BCUT2D eigenvalue weighted by atomic mass is 9.92. The van der Waals surface area contributed by atoms with Crippen LogP contribution in [0.1, 0.15) is 15.9 Å². The van der Waals surface area contributed by atoms with Gasteiger partial charge in [-0.2, -0.15) is 0 Å². The van der Waals surface area contributed by atoms with Gasteiger partial charge in [0.15, 0.2) is 5.78 Å². The molecule has 1 nitrogen and oxygen atoms in total. The summed E-state index contributed by atoms with van der Waals surface area (Å²) >= 11 is 6.05. The maximum Gasteiger partial charge on any atom is 0.188 e. The molecule has 72 valence electrons. The molecule has 2 aromatic carbocycles. The first-order valence-corrected chi connectivity index (χ1v) is 5.09. The summed E-state index contributed by atoms with van der Waals surface area (Å²) in [6.07, 6.45) is 3.41. The van der Waals surface area contributed by atoms with Crippen molar-refractivity contribution in [1.29, 1.82) is 0 Å². The van der Waals surface area contributed by atoms with E-state index in [0.29, 0.717) is 10.6 Å². The summed E-state index contributed by atoms with van der Waals surface area (Å²) < 4.78 is 0. The fourth-order valence-corrected chi connectivity index (χ4v) is 2.26. The van der Waals surface area contributed by atoms with Gasteiger partial charge in [0.1, 0.15) is 0 Å². The molecule has 0 radical (unpaired) electrons. The van der Waals surface area contributed by atoms with Crippen LogP contribution in [0, 0.1) is 0 Å². The Morgan fingerprint density at radius 1 is 1.00 bits per heavy atom. The molecule has 0 saturated carbocycles. The first kappa shape index (κ1) is 8.69. The fourth-order valence-electron chi connectivity index (χ4n) is 2.01. The largest absolute Gasteiger partial charge is 0.289 e. The highest BCUT2D eigenvalue weighted by molar-refractivity contribution is 6.37. The molecule has 1 aliphatic carbocycles. The average Bonchev–Trinajstić information content (AvgIpc) is 2.25. The Balaban J connectivity index is 2.60. The molecular weight excluding hydrogens is 208 g/mol. The summed E-state index contributed by atoms with van der Waals surface area (Å²) in [6.45, 7) is 0. The molecule has 0 aromatic heterocycles. The van der Waals surface area contributed by atoms with Gasteiger partial charge in [-0.3, -0.25) is 4.79 Å². The molecule has 2 heteroatoms. The van der Waals surface area contributed by atoms with Crippen LogP contribution < -0.4 is 0 Å². The van der Waals surface area contributed by atoms with Gasteiger partial charge in [-0.25, -0.2) is 0 Å². The summed E-state index contributed by atoms with van der Waals surface area (Å²) in [7, 11) is 0. The lowest BCUT2D eigenvalue weighted by Crippen LogP contribution is -2.02. The van der Waals surface area contributed by atoms with Gasteiger partial charge >= 0.3 is 0 Å². The average molecular weight is 215 g/mol. The second-order valence-electron chi connectivity index (χ2n) is 3.57. The van der Waals surface area contributed by atoms with Gasteiger partial charge in [-0.15, -0.1) is 0 Å². The minimum absolute atomic E-state index is 0.00991. The molecule has 0 aliphatic heterocycles. The molecule has 0 heterocycles. The van der Waals surface area contributed by atoms with E-state index in [1.54, 1.807) is 12.1 Å². The van der Waals surface area contributed by atoms with E-state index in [4.69, 9.17) is 11.6 Å². The lowest BCUT2D eigenvalue weighted by molar-refractivity contribution is 0.104. The molecule has 0 saturated heterocycles. The van der Waals surface area contributed by atoms with Crippen LogP contribution in [-0.4, -0.2) is 5.78 Å². The zero-order valence-corrected chi connectivity index (χ0v) is 8.58. The Hall–Kier alpha value is -1.60. The number of allylic oxidation sites excluding steroid dienone is 1. The number of halogens is 1. The Morgan fingerprint density at radius 2 is 1.87 bits per heavy atom. The number of ketones is 1. The first-order chi connectivity index (χ1) is 7.27. The molecule has 0 spiro atoms. The van der Waals surface area contributed by atoms with Crippen molar-refractivity contribution in [2.24, 2.45) is 0 Å². The van der Waals surface area contributed by atoms with Crippen LogP contribution in [0.15, 0.2) is 36.4 Å². The second kappa shape index (κ2) is 2.94. The molecular formula is C13H7ClO. The van der Waals surface area contributed by atoms with Crippen molar-refractivity contribution < 1.29 is 4.79 Å². The summed E-state index contributed by atoms with van der Waals surface area (Å²) in [5, 5.41) is 2.56. The van der Waals surface area contributed by atoms with Crippen molar-refractivity contribution >= 4 is 34.2 Å². The Morgan fingerprint density at radius 3 is 2.73 bits per heavy atom. The molecule has 1 aliphatic rings. The van der Waals surface area contributed by atoms with Crippen LogP contribution in [-0.2, 0) is 0 Å². The van der Waals surface area contributed by atoms with Gasteiger partial charge in [0.25, 0.3) is 0 Å². The minimum atomic E-state index is -0.00991. The molecule has 0 bridgehead atoms. The number of hydrogen-bond donors (Lipinski definition) is 0. The van der Waals surface area contributed by atoms with Crippen LogP contribution in [0.4, 0.5) is 0 Å². The van der Waals surface area contributed by atoms with E-state index in [1.165, 1.54) is 0 Å². The van der Waals surface area contributed by atoms with Gasteiger partial charge in [0.2, 0.25) is 0 Å². The van der Waals surface area contributed by atoms with E-state index in [2.05, 4.69) is 0 Å². The Kier molecular flexibility index (Phi) is 1.70. The standard InChI is InChI=1S/C13H7ClO/c14-10-6-4-8-2-1-3-9-5-7-11(15)13(10)12(8)9/h1-7H. The monoisotopic (exact) mass is 214 g/mol. The van der Waals surface area contributed by atoms with Gasteiger partial charge in [0.05, 0.1) is 5.02 Å². The number of carbonyl (C=O) groups is 1. The van der Waals surface area contributed by atoms with E-state index in [-0.39, 0.29) is 5.78 Å². The zero-order valence-electron chi connectivity index (χ0n) is 7.83. The maximum atomic E-state index is 11.7. The third-order valence-electron chi connectivity index (χ3n) is 2.69. The van der Waals surface area contributed by atoms with Crippen LogP contribution in [0.5, 0.6) is 0 Å². The van der Waals surface area contributed by atoms with E-state index in [0.717, 1.165) is 16.3 Å². The SMILES string of the molecule is O=C1C=Cc2cccc3ccc(Cl)c1c23. The molecule has 0 N–H and O–H groups in total. The Bertz CT molecular complexity index is 611.